The van der Waals surface area contributed by atoms with Crippen LogP contribution in [0.3, 0.4) is 0 Å². The molecule has 2 heterocycles. The fraction of sp³-hybridized carbons (Fsp3) is 0.350. The number of aryl methyl sites for hydroxylation is 2. The van der Waals surface area contributed by atoms with E-state index in [2.05, 4.69) is 47.4 Å². The van der Waals surface area contributed by atoms with Crippen LogP contribution in [0.4, 0.5) is 0 Å². The summed E-state index contributed by atoms with van der Waals surface area (Å²) in [4.78, 5) is 16.8. The molecule has 1 N–H and O–H groups in total. The Morgan fingerprint density at radius 1 is 1.20 bits per heavy atom. The second-order valence-corrected chi connectivity index (χ2v) is 6.60. The van der Waals surface area contributed by atoms with Gasteiger partial charge in [0.05, 0.1) is 6.04 Å². The van der Waals surface area contributed by atoms with E-state index in [0.717, 1.165) is 29.8 Å². The van der Waals surface area contributed by atoms with Gasteiger partial charge in [-0.15, -0.1) is 0 Å². The van der Waals surface area contributed by atoms with Gasteiger partial charge in [0.15, 0.2) is 0 Å². The molecule has 0 fully saturated rings. The molecule has 0 aliphatic carbocycles. The largest absolute Gasteiger partial charge is 0.344 e. The third-order valence-electron chi connectivity index (χ3n) is 4.56. The Balaban J connectivity index is 1.81. The van der Waals surface area contributed by atoms with Crippen LogP contribution in [0.2, 0.25) is 0 Å². The molecule has 25 heavy (non-hydrogen) atoms. The molecule has 0 spiro atoms. The van der Waals surface area contributed by atoms with Gasteiger partial charge in [-0.3, -0.25) is 14.8 Å². The van der Waals surface area contributed by atoms with Gasteiger partial charge in [0, 0.05) is 31.1 Å². The summed E-state index contributed by atoms with van der Waals surface area (Å²) in [5.74, 6) is -0.0365. The normalized spacial score (nSPS) is 15.0. The first-order chi connectivity index (χ1) is 12.0. The minimum atomic E-state index is -0.215. The maximum Gasteiger partial charge on any atom is 0.242 e. The Morgan fingerprint density at radius 2 is 2.04 bits per heavy atom. The quantitative estimate of drug-likeness (QED) is 0.913. The number of hydrazone groups is 1. The fourth-order valence-corrected chi connectivity index (χ4v) is 2.97. The van der Waals surface area contributed by atoms with Gasteiger partial charge in [-0.1, -0.05) is 24.3 Å². The van der Waals surface area contributed by atoms with Crippen LogP contribution >= 0.6 is 0 Å². The van der Waals surface area contributed by atoms with E-state index < -0.39 is 0 Å². The molecule has 1 amide bonds. The highest BCUT2D eigenvalue weighted by molar-refractivity contribution is 5.84. The number of aromatic nitrogens is 1. The SMILES string of the molecule is CC1=NN(CC(=O)N[C@@H](c2cccnc2)c2ccc(C)c(C)c2)CC1. The molecule has 0 saturated carbocycles. The van der Waals surface area contributed by atoms with Gasteiger partial charge < -0.3 is 5.32 Å². The van der Waals surface area contributed by atoms with E-state index in [9.17, 15) is 4.79 Å². The third-order valence-corrected chi connectivity index (χ3v) is 4.56. The molecule has 0 unspecified atom stereocenters. The lowest BCUT2D eigenvalue weighted by molar-refractivity contribution is -0.122. The predicted octanol–water partition coefficient (Wildman–Crippen LogP) is 2.99. The van der Waals surface area contributed by atoms with E-state index in [-0.39, 0.29) is 18.5 Å². The number of carbonyl (C=O) groups excluding carboxylic acids is 1. The first-order valence-corrected chi connectivity index (χ1v) is 8.58. The van der Waals surface area contributed by atoms with Crippen LogP contribution in [-0.2, 0) is 4.79 Å². The second kappa shape index (κ2) is 7.47. The summed E-state index contributed by atoms with van der Waals surface area (Å²) in [6.07, 6.45) is 4.47. The lowest BCUT2D eigenvalue weighted by atomic mass is 9.96. The molecular formula is C20H24N4O. The highest BCUT2D eigenvalue weighted by Gasteiger charge is 2.20. The molecule has 2 aromatic rings. The number of hydrogen-bond donors (Lipinski definition) is 1. The number of amides is 1. The molecule has 1 aromatic heterocycles. The molecule has 1 atom stereocenters. The molecule has 5 nitrogen and oxygen atoms in total. The molecule has 5 heteroatoms. The summed E-state index contributed by atoms with van der Waals surface area (Å²) in [6, 6.07) is 9.96. The van der Waals surface area contributed by atoms with Crippen molar-refractivity contribution in [3.63, 3.8) is 0 Å². The van der Waals surface area contributed by atoms with Gasteiger partial charge in [0.25, 0.3) is 0 Å². The second-order valence-electron chi connectivity index (χ2n) is 6.60. The van der Waals surface area contributed by atoms with Gasteiger partial charge in [-0.2, -0.15) is 5.10 Å². The number of rotatable bonds is 5. The number of benzene rings is 1. The van der Waals surface area contributed by atoms with Gasteiger partial charge in [0.1, 0.15) is 6.54 Å². The zero-order valence-electron chi connectivity index (χ0n) is 15.0. The minimum absolute atomic E-state index is 0.0365. The first kappa shape index (κ1) is 17.1. The summed E-state index contributed by atoms with van der Waals surface area (Å²) in [5, 5.41) is 9.36. The molecule has 0 bridgehead atoms. The Morgan fingerprint density at radius 3 is 2.68 bits per heavy atom. The van der Waals surface area contributed by atoms with Crippen molar-refractivity contribution in [2.75, 3.05) is 13.1 Å². The maximum absolute atomic E-state index is 12.6. The number of pyridine rings is 1. The topological polar surface area (TPSA) is 57.6 Å². The molecule has 130 valence electrons. The van der Waals surface area contributed by atoms with Crippen molar-refractivity contribution in [3.05, 3.63) is 65.0 Å². The van der Waals surface area contributed by atoms with E-state index in [0.29, 0.717) is 0 Å². The van der Waals surface area contributed by atoms with E-state index in [4.69, 9.17) is 0 Å². The summed E-state index contributed by atoms with van der Waals surface area (Å²) in [5.41, 5.74) is 5.55. The molecule has 0 saturated heterocycles. The van der Waals surface area contributed by atoms with Crippen molar-refractivity contribution in [1.82, 2.24) is 15.3 Å². The molecule has 1 aromatic carbocycles. The van der Waals surface area contributed by atoms with Crippen LogP contribution in [0.5, 0.6) is 0 Å². The summed E-state index contributed by atoms with van der Waals surface area (Å²) < 4.78 is 0. The average molecular weight is 336 g/mol. The third kappa shape index (κ3) is 4.24. The van der Waals surface area contributed by atoms with Crippen molar-refractivity contribution >= 4 is 11.6 Å². The number of nitrogens with zero attached hydrogens (tertiary/aromatic N) is 3. The molecule has 0 radical (unpaired) electrons. The monoisotopic (exact) mass is 336 g/mol. The van der Waals surface area contributed by atoms with Gasteiger partial charge in [-0.05, 0) is 49.1 Å². The van der Waals surface area contributed by atoms with Crippen molar-refractivity contribution in [1.29, 1.82) is 0 Å². The lowest BCUT2D eigenvalue weighted by Crippen LogP contribution is -2.36. The molecular weight excluding hydrogens is 312 g/mol. The first-order valence-electron chi connectivity index (χ1n) is 8.58. The van der Waals surface area contributed by atoms with Crippen molar-refractivity contribution in [2.45, 2.75) is 33.2 Å². The van der Waals surface area contributed by atoms with Crippen LogP contribution in [0.25, 0.3) is 0 Å². The van der Waals surface area contributed by atoms with Crippen molar-refractivity contribution in [3.8, 4) is 0 Å². The molecule has 3 rings (SSSR count). The zero-order chi connectivity index (χ0) is 17.8. The minimum Gasteiger partial charge on any atom is -0.344 e. The van der Waals surface area contributed by atoms with Crippen LogP contribution in [0.1, 0.15) is 41.6 Å². The van der Waals surface area contributed by atoms with Crippen LogP contribution in [-0.4, -0.2) is 34.7 Å². The van der Waals surface area contributed by atoms with Gasteiger partial charge >= 0.3 is 0 Å². The van der Waals surface area contributed by atoms with E-state index in [1.807, 2.05) is 24.1 Å². The Labute approximate surface area is 148 Å². The van der Waals surface area contributed by atoms with Crippen molar-refractivity contribution in [2.24, 2.45) is 5.10 Å². The highest BCUT2D eigenvalue weighted by Crippen LogP contribution is 2.23. The average Bonchev–Trinajstić information content (AvgIpc) is 3.01. The zero-order valence-corrected chi connectivity index (χ0v) is 15.0. The van der Waals surface area contributed by atoms with Crippen LogP contribution in [0.15, 0.2) is 47.8 Å². The smallest absolute Gasteiger partial charge is 0.242 e. The number of nitrogens with one attached hydrogen (secondary N) is 1. The van der Waals surface area contributed by atoms with Crippen molar-refractivity contribution < 1.29 is 4.79 Å². The molecule has 1 aliphatic rings. The van der Waals surface area contributed by atoms with E-state index >= 15 is 0 Å². The summed E-state index contributed by atoms with van der Waals surface area (Å²) in [7, 11) is 0. The van der Waals surface area contributed by atoms with Gasteiger partial charge in [0.2, 0.25) is 5.91 Å². The highest BCUT2D eigenvalue weighted by atomic mass is 16.2. The van der Waals surface area contributed by atoms with Crippen LogP contribution < -0.4 is 5.32 Å². The Hall–Kier alpha value is -2.69. The van der Waals surface area contributed by atoms with E-state index in [1.165, 1.54) is 11.1 Å². The summed E-state index contributed by atoms with van der Waals surface area (Å²) in [6.45, 7) is 7.25. The number of hydrogen-bond acceptors (Lipinski definition) is 4. The predicted molar refractivity (Wildman–Crippen MR) is 99.4 cm³/mol. The number of carbonyl (C=O) groups is 1. The van der Waals surface area contributed by atoms with Gasteiger partial charge in [-0.25, -0.2) is 0 Å². The maximum atomic E-state index is 12.6. The lowest BCUT2D eigenvalue weighted by Gasteiger charge is -2.22. The summed E-state index contributed by atoms with van der Waals surface area (Å²) >= 11 is 0. The Kier molecular flexibility index (Phi) is 5.12. The van der Waals surface area contributed by atoms with Crippen LogP contribution in [0, 0.1) is 13.8 Å². The standard InChI is InChI=1S/C20H24N4O/c1-14-6-7-17(11-15(14)2)20(18-5-4-9-21-12-18)22-19(25)13-24-10-8-16(3)23-24/h4-7,9,11-12,20H,8,10,13H2,1-3H3,(H,22,25)/t20-/m1/s1. The Bertz CT molecular complexity index is 786. The fourth-order valence-electron chi connectivity index (χ4n) is 2.97. The van der Waals surface area contributed by atoms with E-state index in [1.54, 1.807) is 12.4 Å². The molecule has 1 aliphatic heterocycles.